The van der Waals surface area contributed by atoms with Gasteiger partial charge in [-0.15, -0.1) is 0 Å². The minimum absolute atomic E-state index is 0.372. The number of hydrogen-bond donors (Lipinski definition) is 3. The Kier molecular flexibility index (Phi) is 5.14. The number of nitrogens with one attached hydrogen (secondary N) is 1. The van der Waals surface area contributed by atoms with Crippen LogP contribution < -0.4 is 10.1 Å². The Morgan fingerprint density at radius 3 is 1.91 bits per heavy atom. The van der Waals surface area contributed by atoms with E-state index in [1.807, 2.05) is 5.32 Å². The van der Waals surface area contributed by atoms with Crippen LogP contribution in [0, 0.1) is 13.8 Å². The average Bonchev–Trinajstić information content (AvgIpc) is 2.36. The molecule has 0 saturated carbocycles. The van der Waals surface area contributed by atoms with Gasteiger partial charge in [0.05, 0.1) is 7.11 Å². The average molecular weight is 309 g/mol. The zero-order chi connectivity index (χ0) is 17.1. The highest BCUT2D eigenvalue weighted by Crippen LogP contribution is 2.26. The van der Waals surface area contributed by atoms with Gasteiger partial charge in [0.15, 0.2) is 0 Å². The predicted molar refractivity (Wildman–Crippen MR) is 78.0 cm³/mol. The van der Waals surface area contributed by atoms with Crippen molar-refractivity contribution in [2.45, 2.75) is 32.7 Å². The number of rotatable bonds is 6. The van der Waals surface area contributed by atoms with Crippen molar-refractivity contribution in [1.82, 2.24) is 5.32 Å². The van der Waals surface area contributed by atoms with Gasteiger partial charge in [0, 0.05) is 13.3 Å². The molecule has 7 nitrogen and oxygen atoms in total. The molecule has 0 spiro atoms. The molecule has 22 heavy (non-hydrogen) atoms. The second-order valence-corrected chi connectivity index (χ2v) is 5.14. The van der Waals surface area contributed by atoms with E-state index in [0.717, 1.165) is 18.1 Å². The minimum atomic E-state index is -2.40. The van der Waals surface area contributed by atoms with Gasteiger partial charge in [-0.2, -0.15) is 0 Å². The highest BCUT2D eigenvalue weighted by molar-refractivity contribution is 6.06. The zero-order valence-corrected chi connectivity index (χ0v) is 12.9. The first-order valence-electron chi connectivity index (χ1n) is 6.53. The number of hydrogen-bond acceptors (Lipinski definition) is 4. The van der Waals surface area contributed by atoms with Crippen LogP contribution in [0.5, 0.6) is 5.75 Å². The van der Waals surface area contributed by atoms with E-state index in [-0.39, 0.29) is 6.42 Å². The van der Waals surface area contributed by atoms with Crippen molar-refractivity contribution in [2.75, 3.05) is 7.11 Å². The quantitative estimate of drug-likeness (QED) is 0.673. The van der Waals surface area contributed by atoms with Crippen molar-refractivity contribution < 1.29 is 29.3 Å². The van der Waals surface area contributed by atoms with Crippen molar-refractivity contribution in [2.24, 2.45) is 0 Å². The molecule has 0 aliphatic rings. The van der Waals surface area contributed by atoms with E-state index in [9.17, 15) is 24.6 Å². The van der Waals surface area contributed by atoms with E-state index < -0.39 is 23.4 Å². The molecule has 0 saturated heterocycles. The van der Waals surface area contributed by atoms with Crippen LogP contribution in [0.3, 0.4) is 0 Å². The maximum absolute atomic E-state index is 11.5. The summed E-state index contributed by atoms with van der Waals surface area (Å²) in [6.45, 7) is 4.62. The van der Waals surface area contributed by atoms with Crippen molar-refractivity contribution in [3.8, 4) is 5.75 Å². The van der Waals surface area contributed by atoms with Crippen LogP contribution >= 0.6 is 0 Å². The van der Waals surface area contributed by atoms with Crippen molar-refractivity contribution in [3.05, 3.63) is 28.8 Å². The molecule has 0 fully saturated rings. The minimum Gasteiger partial charge on any atom is -0.496 e. The highest BCUT2D eigenvalue weighted by Gasteiger charge is 2.47. The molecule has 1 aromatic rings. The van der Waals surface area contributed by atoms with Crippen LogP contribution in [0.15, 0.2) is 12.1 Å². The summed E-state index contributed by atoms with van der Waals surface area (Å²) in [7, 11) is 1.52. The Bertz CT molecular complexity index is 585. The van der Waals surface area contributed by atoms with Crippen molar-refractivity contribution in [3.63, 3.8) is 0 Å². The summed E-state index contributed by atoms with van der Waals surface area (Å²) in [5.41, 5.74) is -0.413. The third-order valence-electron chi connectivity index (χ3n) is 3.31. The number of carbonyl (C=O) groups is 3. The summed E-state index contributed by atoms with van der Waals surface area (Å²) in [6.07, 6.45) is -0.372. The number of carboxylic acid groups (broad SMARTS) is 2. The second-order valence-electron chi connectivity index (χ2n) is 5.14. The number of amides is 1. The van der Waals surface area contributed by atoms with Crippen molar-refractivity contribution >= 4 is 17.8 Å². The van der Waals surface area contributed by atoms with Gasteiger partial charge in [-0.1, -0.05) is 12.1 Å². The van der Waals surface area contributed by atoms with Gasteiger partial charge in [-0.3, -0.25) is 4.79 Å². The molecule has 0 aliphatic heterocycles. The normalized spacial score (nSPS) is 10.9. The first kappa shape index (κ1) is 17.5. The smallest absolute Gasteiger partial charge is 0.341 e. The molecule has 0 aromatic heterocycles. The molecule has 1 amide bonds. The lowest BCUT2D eigenvalue weighted by atomic mass is 9.89. The monoisotopic (exact) mass is 309 g/mol. The third kappa shape index (κ3) is 3.36. The number of methoxy groups -OCH3 is 1. The fourth-order valence-electron chi connectivity index (χ4n) is 2.46. The first-order chi connectivity index (χ1) is 10.1. The zero-order valence-electron chi connectivity index (χ0n) is 12.9. The van der Waals surface area contributed by atoms with Gasteiger partial charge in [-0.05, 0) is 30.5 Å². The molecular formula is C15H19NO6. The van der Waals surface area contributed by atoms with E-state index in [0.29, 0.717) is 11.3 Å². The standard InChI is InChI=1S/C15H19NO6/c1-8-5-11(6-9(2)12(8)22-4)7-15(13(18)19,14(20)21)16-10(3)17/h5-6H,7H2,1-4H3,(H,16,17)(H,18,19)(H,20,21). The van der Waals surface area contributed by atoms with Crippen LogP contribution in [-0.4, -0.2) is 40.7 Å². The summed E-state index contributed by atoms with van der Waals surface area (Å²) >= 11 is 0. The fraction of sp³-hybridized carbons (Fsp3) is 0.400. The maximum atomic E-state index is 11.5. The van der Waals surface area contributed by atoms with E-state index in [1.54, 1.807) is 26.0 Å². The van der Waals surface area contributed by atoms with Crippen LogP contribution in [-0.2, 0) is 20.8 Å². The molecule has 3 N–H and O–H groups in total. The maximum Gasteiger partial charge on any atom is 0.341 e. The summed E-state index contributed by atoms with van der Waals surface area (Å²) in [6, 6.07) is 3.29. The number of benzene rings is 1. The van der Waals surface area contributed by atoms with E-state index in [1.165, 1.54) is 7.11 Å². The highest BCUT2D eigenvalue weighted by atomic mass is 16.5. The molecule has 1 rings (SSSR count). The van der Waals surface area contributed by atoms with Crippen molar-refractivity contribution in [1.29, 1.82) is 0 Å². The lowest BCUT2D eigenvalue weighted by Gasteiger charge is -2.26. The lowest BCUT2D eigenvalue weighted by molar-refractivity contribution is -0.161. The Labute approximate surface area is 127 Å². The molecule has 1 aromatic carbocycles. The Morgan fingerprint density at radius 1 is 1.14 bits per heavy atom. The molecule has 0 heterocycles. The Hall–Kier alpha value is -2.57. The van der Waals surface area contributed by atoms with Crippen LogP contribution in [0.4, 0.5) is 0 Å². The van der Waals surface area contributed by atoms with Crippen LogP contribution in [0.2, 0.25) is 0 Å². The summed E-state index contributed by atoms with van der Waals surface area (Å²) in [5.74, 6) is -3.33. The molecule has 0 aliphatic carbocycles. The number of ether oxygens (including phenoxy) is 1. The van der Waals surface area contributed by atoms with Gasteiger partial charge >= 0.3 is 11.9 Å². The number of carbonyl (C=O) groups excluding carboxylic acids is 1. The van der Waals surface area contributed by atoms with Gasteiger partial charge in [-0.25, -0.2) is 9.59 Å². The van der Waals surface area contributed by atoms with Gasteiger partial charge in [0.25, 0.3) is 0 Å². The van der Waals surface area contributed by atoms with Crippen LogP contribution in [0.1, 0.15) is 23.6 Å². The van der Waals surface area contributed by atoms with E-state index in [4.69, 9.17) is 4.74 Å². The fourth-order valence-corrected chi connectivity index (χ4v) is 2.46. The summed E-state index contributed by atoms with van der Waals surface area (Å²) in [5, 5.41) is 20.7. The van der Waals surface area contributed by atoms with E-state index in [2.05, 4.69) is 0 Å². The molecule has 120 valence electrons. The molecule has 0 radical (unpaired) electrons. The molecule has 7 heteroatoms. The Morgan fingerprint density at radius 2 is 1.59 bits per heavy atom. The second kappa shape index (κ2) is 6.46. The van der Waals surface area contributed by atoms with Crippen LogP contribution in [0.25, 0.3) is 0 Å². The summed E-state index contributed by atoms with van der Waals surface area (Å²) in [4.78, 5) is 34.2. The third-order valence-corrected chi connectivity index (χ3v) is 3.31. The SMILES string of the molecule is COc1c(C)cc(CC(NC(C)=O)(C(=O)O)C(=O)O)cc1C. The van der Waals surface area contributed by atoms with E-state index >= 15 is 0 Å². The molecule has 0 bridgehead atoms. The number of carboxylic acids is 2. The lowest BCUT2D eigenvalue weighted by Crippen LogP contribution is -2.61. The largest absolute Gasteiger partial charge is 0.496 e. The predicted octanol–water partition coefficient (Wildman–Crippen LogP) is 0.899. The molecule has 0 unspecified atom stereocenters. The number of aliphatic carboxylic acids is 2. The molecule has 0 atom stereocenters. The van der Waals surface area contributed by atoms with Gasteiger partial charge in [0.1, 0.15) is 5.75 Å². The topological polar surface area (TPSA) is 113 Å². The Balaban J connectivity index is 3.34. The van der Waals surface area contributed by atoms with Gasteiger partial charge in [0.2, 0.25) is 11.4 Å². The van der Waals surface area contributed by atoms with Gasteiger partial charge < -0.3 is 20.3 Å². The number of aryl methyl sites for hydroxylation is 2. The molecular weight excluding hydrogens is 290 g/mol. The first-order valence-corrected chi connectivity index (χ1v) is 6.53. The summed E-state index contributed by atoms with van der Waals surface area (Å²) < 4.78 is 5.22.